The molecular formula is C33H27N7O3S. The maximum Gasteiger partial charge on any atom is 0.267 e. The van der Waals surface area contributed by atoms with Crippen LogP contribution in [-0.4, -0.2) is 30.8 Å². The molecule has 0 saturated carbocycles. The first-order valence-corrected chi connectivity index (χ1v) is 15.1. The Morgan fingerprint density at radius 1 is 0.932 bits per heavy atom. The van der Waals surface area contributed by atoms with Gasteiger partial charge in [-0.3, -0.25) is 29.2 Å². The summed E-state index contributed by atoms with van der Waals surface area (Å²) < 4.78 is 2.99. The summed E-state index contributed by atoms with van der Waals surface area (Å²) in [6.07, 6.45) is 8.49. The third-order valence-corrected chi connectivity index (χ3v) is 9.02. The van der Waals surface area contributed by atoms with Crippen molar-refractivity contribution in [3.05, 3.63) is 128 Å². The molecule has 0 atom stereocenters. The zero-order valence-corrected chi connectivity index (χ0v) is 24.4. The number of aromatic nitrogens is 4. The SMILES string of the molecule is N=c1c(C(=O)Nc2sc3c(c2C(=O)Nc2ccccc2)CCCC3)cc2c(=O)n3ccccc3nc2n1Cc1ccncc1. The van der Waals surface area contributed by atoms with E-state index in [1.54, 1.807) is 41.4 Å². The lowest BCUT2D eigenvalue weighted by atomic mass is 9.95. The number of thiophene rings is 1. The van der Waals surface area contributed by atoms with Crippen LogP contribution in [0.15, 0.2) is 90.1 Å². The summed E-state index contributed by atoms with van der Waals surface area (Å²) in [4.78, 5) is 51.1. The normalized spacial score (nSPS) is 12.6. The molecule has 0 fully saturated rings. The van der Waals surface area contributed by atoms with Gasteiger partial charge in [-0.2, -0.15) is 0 Å². The molecule has 11 heteroatoms. The number of amides is 2. The van der Waals surface area contributed by atoms with Gasteiger partial charge in [0.15, 0.2) is 0 Å². The number of benzene rings is 1. The Kier molecular flexibility index (Phi) is 7.07. The molecule has 1 aromatic carbocycles. The highest BCUT2D eigenvalue weighted by Crippen LogP contribution is 2.38. The minimum atomic E-state index is -0.578. The number of nitrogens with one attached hydrogen (secondary N) is 3. The van der Waals surface area contributed by atoms with E-state index in [1.807, 2.05) is 42.5 Å². The molecular weight excluding hydrogens is 574 g/mol. The van der Waals surface area contributed by atoms with Gasteiger partial charge in [0.05, 0.1) is 23.1 Å². The summed E-state index contributed by atoms with van der Waals surface area (Å²) in [5.41, 5.74) is 3.18. The average Bonchev–Trinajstić information content (AvgIpc) is 3.41. The number of anilines is 2. The van der Waals surface area contributed by atoms with Gasteiger partial charge in [0.1, 0.15) is 21.8 Å². The number of hydrogen-bond donors (Lipinski definition) is 3. The van der Waals surface area contributed by atoms with Gasteiger partial charge < -0.3 is 15.2 Å². The van der Waals surface area contributed by atoms with Gasteiger partial charge in [-0.05, 0) is 79.3 Å². The molecule has 3 N–H and O–H groups in total. The fourth-order valence-corrected chi connectivity index (χ4v) is 6.95. The van der Waals surface area contributed by atoms with Gasteiger partial charge in [-0.25, -0.2) is 4.98 Å². The molecule has 1 aliphatic carbocycles. The molecule has 0 bridgehead atoms. The lowest BCUT2D eigenvalue weighted by Crippen LogP contribution is -2.32. The smallest absolute Gasteiger partial charge is 0.267 e. The third kappa shape index (κ3) is 4.96. The maximum absolute atomic E-state index is 14.0. The third-order valence-electron chi connectivity index (χ3n) is 7.81. The minimum Gasteiger partial charge on any atom is -0.322 e. The zero-order chi connectivity index (χ0) is 30.2. The number of carbonyl (C=O) groups is 2. The highest BCUT2D eigenvalue weighted by atomic mass is 32.1. The molecule has 5 aromatic heterocycles. The number of pyridine rings is 3. The number of hydrogen-bond acceptors (Lipinski definition) is 7. The molecule has 0 radical (unpaired) electrons. The minimum absolute atomic E-state index is 0.00197. The quantitative estimate of drug-likeness (QED) is 0.231. The number of aryl methyl sites for hydroxylation is 1. The molecule has 218 valence electrons. The molecule has 44 heavy (non-hydrogen) atoms. The van der Waals surface area contributed by atoms with E-state index >= 15 is 0 Å². The molecule has 10 nitrogen and oxygen atoms in total. The van der Waals surface area contributed by atoms with Crippen LogP contribution in [0.3, 0.4) is 0 Å². The van der Waals surface area contributed by atoms with E-state index in [4.69, 9.17) is 10.4 Å². The Morgan fingerprint density at radius 3 is 2.52 bits per heavy atom. The summed E-state index contributed by atoms with van der Waals surface area (Å²) in [6, 6.07) is 19.5. The first kappa shape index (κ1) is 27.4. The summed E-state index contributed by atoms with van der Waals surface area (Å²) in [6.45, 7) is 0.201. The number of rotatable bonds is 6. The molecule has 0 saturated heterocycles. The van der Waals surface area contributed by atoms with E-state index in [2.05, 4.69) is 15.6 Å². The molecule has 1 aliphatic rings. The van der Waals surface area contributed by atoms with Crippen molar-refractivity contribution in [3.8, 4) is 0 Å². The van der Waals surface area contributed by atoms with Gasteiger partial charge in [0.2, 0.25) is 0 Å². The van der Waals surface area contributed by atoms with Crippen LogP contribution < -0.4 is 21.7 Å². The number of nitrogens with zero attached hydrogens (tertiary/aromatic N) is 4. The van der Waals surface area contributed by atoms with Crippen LogP contribution >= 0.6 is 11.3 Å². The summed E-state index contributed by atoms with van der Waals surface area (Å²) >= 11 is 1.40. The number of fused-ring (bicyclic) bond motifs is 3. The fourth-order valence-electron chi connectivity index (χ4n) is 5.66. The molecule has 0 aliphatic heterocycles. The Hall–Kier alpha value is -5.42. The van der Waals surface area contributed by atoms with Crippen molar-refractivity contribution in [2.45, 2.75) is 32.2 Å². The first-order valence-electron chi connectivity index (χ1n) is 14.3. The Morgan fingerprint density at radius 2 is 1.70 bits per heavy atom. The second-order valence-electron chi connectivity index (χ2n) is 10.6. The topological polar surface area (TPSA) is 134 Å². The predicted molar refractivity (Wildman–Crippen MR) is 169 cm³/mol. The maximum atomic E-state index is 14.0. The molecule has 7 rings (SSSR count). The lowest BCUT2D eigenvalue weighted by Gasteiger charge is -2.15. The van der Waals surface area contributed by atoms with Crippen molar-refractivity contribution in [2.24, 2.45) is 0 Å². The Bertz CT molecular complexity index is 2190. The Labute approximate surface area is 255 Å². The summed E-state index contributed by atoms with van der Waals surface area (Å²) in [5.74, 6) is -0.873. The van der Waals surface area contributed by atoms with Crippen LogP contribution in [-0.2, 0) is 19.4 Å². The zero-order valence-electron chi connectivity index (χ0n) is 23.5. The van der Waals surface area contributed by atoms with E-state index in [9.17, 15) is 14.4 Å². The van der Waals surface area contributed by atoms with Crippen molar-refractivity contribution in [2.75, 3.05) is 10.6 Å². The van der Waals surface area contributed by atoms with Crippen LogP contribution in [0.25, 0.3) is 16.7 Å². The van der Waals surface area contributed by atoms with E-state index in [0.717, 1.165) is 41.7 Å². The monoisotopic (exact) mass is 601 g/mol. The summed E-state index contributed by atoms with van der Waals surface area (Å²) in [5, 5.41) is 15.7. The first-order chi connectivity index (χ1) is 21.5. The van der Waals surface area contributed by atoms with Gasteiger partial charge in [0.25, 0.3) is 17.4 Å². The van der Waals surface area contributed by atoms with Crippen molar-refractivity contribution < 1.29 is 9.59 Å². The number of carbonyl (C=O) groups excluding carboxylic acids is 2. The van der Waals surface area contributed by atoms with Gasteiger partial charge in [-0.1, -0.05) is 24.3 Å². The second-order valence-corrected chi connectivity index (χ2v) is 11.7. The van der Waals surface area contributed by atoms with Crippen molar-refractivity contribution in [1.82, 2.24) is 18.9 Å². The fraction of sp³-hybridized carbons (Fsp3) is 0.152. The largest absolute Gasteiger partial charge is 0.322 e. The summed E-state index contributed by atoms with van der Waals surface area (Å²) in [7, 11) is 0. The molecule has 0 unspecified atom stereocenters. The van der Waals surface area contributed by atoms with Crippen molar-refractivity contribution >= 4 is 50.5 Å². The standard InChI is InChI=1S/C33H27N7O3S/c34-28-23(18-24-29(40(28)19-20-13-15-35-16-14-20)37-26-12-6-7-17-39(26)33(24)43)30(41)38-32-27(22-10-4-5-11-25(22)44-32)31(42)36-21-8-2-1-3-9-21/h1-3,6-9,12-18,34H,4-5,10-11,19H2,(H,36,42)(H,38,41). The highest BCUT2D eigenvalue weighted by Gasteiger charge is 2.27. The molecule has 0 spiro atoms. The van der Waals surface area contributed by atoms with Gasteiger partial charge in [0, 0.05) is 29.2 Å². The van der Waals surface area contributed by atoms with E-state index in [0.29, 0.717) is 27.5 Å². The van der Waals surface area contributed by atoms with Crippen LogP contribution in [0, 0.1) is 5.41 Å². The Balaban J connectivity index is 1.34. The highest BCUT2D eigenvalue weighted by molar-refractivity contribution is 7.17. The van der Waals surface area contributed by atoms with Crippen molar-refractivity contribution in [3.63, 3.8) is 0 Å². The molecule has 6 aromatic rings. The average molecular weight is 602 g/mol. The van der Waals surface area contributed by atoms with Gasteiger partial charge >= 0.3 is 0 Å². The van der Waals surface area contributed by atoms with Crippen LogP contribution in [0.5, 0.6) is 0 Å². The van der Waals surface area contributed by atoms with Crippen LogP contribution in [0.4, 0.5) is 10.7 Å². The van der Waals surface area contributed by atoms with E-state index in [-0.39, 0.29) is 34.4 Å². The molecule has 2 amide bonds. The van der Waals surface area contributed by atoms with E-state index < -0.39 is 5.91 Å². The predicted octanol–water partition coefficient (Wildman–Crippen LogP) is 5.02. The lowest BCUT2D eigenvalue weighted by molar-refractivity contribution is 0.102. The second kappa shape index (κ2) is 11.3. The van der Waals surface area contributed by atoms with Crippen molar-refractivity contribution in [1.29, 1.82) is 5.41 Å². The van der Waals surface area contributed by atoms with E-state index in [1.165, 1.54) is 21.8 Å². The van der Waals surface area contributed by atoms with Crippen LogP contribution in [0.1, 0.15) is 49.6 Å². The van der Waals surface area contributed by atoms with Gasteiger partial charge in [-0.15, -0.1) is 11.3 Å². The number of para-hydroxylation sites is 1. The molecule has 5 heterocycles. The van der Waals surface area contributed by atoms with Crippen LogP contribution in [0.2, 0.25) is 0 Å².